The quantitative estimate of drug-likeness (QED) is 0.810. The minimum Gasteiger partial charge on any atom is -0.497 e. The highest BCUT2D eigenvalue weighted by Gasteiger charge is 2.10. The van der Waals surface area contributed by atoms with Crippen LogP contribution in [0.5, 0.6) is 5.75 Å². The molecule has 0 bridgehead atoms. The number of methoxy groups -OCH3 is 1. The number of benzene rings is 1. The van der Waals surface area contributed by atoms with Gasteiger partial charge in [0, 0.05) is 23.0 Å². The fourth-order valence-corrected chi connectivity index (χ4v) is 1.79. The van der Waals surface area contributed by atoms with Crippen molar-refractivity contribution in [3.8, 4) is 5.75 Å². The summed E-state index contributed by atoms with van der Waals surface area (Å²) in [5.41, 5.74) is 1.07. The Bertz CT molecular complexity index is 540. The number of rotatable bonds is 4. The summed E-state index contributed by atoms with van der Waals surface area (Å²) in [5, 5.41) is 1.10. The van der Waals surface area contributed by atoms with Crippen LogP contribution in [0.15, 0.2) is 30.5 Å². The SMILES string of the molecule is COc1ccc2c(ccn2CC(=O)C(C)C)c1. The summed E-state index contributed by atoms with van der Waals surface area (Å²) >= 11 is 0. The van der Waals surface area contributed by atoms with E-state index in [1.54, 1.807) is 7.11 Å². The molecule has 0 spiro atoms. The van der Waals surface area contributed by atoms with Crippen molar-refractivity contribution in [1.82, 2.24) is 4.57 Å². The van der Waals surface area contributed by atoms with Crippen LogP contribution in [-0.2, 0) is 11.3 Å². The van der Waals surface area contributed by atoms with E-state index in [2.05, 4.69) is 0 Å². The normalized spacial score (nSPS) is 11.1. The van der Waals surface area contributed by atoms with Gasteiger partial charge in [0.05, 0.1) is 13.7 Å². The van der Waals surface area contributed by atoms with Crippen LogP contribution in [-0.4, -0.2) is 17.5 Å². The molecule has 0 radical (unpaired) electrons. The minimum absolute atomic E-state index is 0.0747. The number of ketones is 1. The molecule has 0 amide bonds. The Hall–Kier alpha value is -1.77. The molecule has 2 aromatic rings. The van der Waals surface area contributed by atoms with Gasteiger partial charge in [0.25, 0.3) is 0 Å². The molecule has 0 aliphatic rings. The van der Waals surface area contributed by atoms with Crippen molar-refractivity contribution < 1.29 is 9.53 Å². The van der Waals surface area contributed by atoms with Gasteiger partial charge in [0.1, 0.15) is 5.75 Å². The third-order valence-electron chi connectivity index (χ3n) is 2.95. The molecule has 90 valence electrons. The van der Waals surface area contributed by atoms with Crippen LogP contribution in [0.4, 0.5) is 0 Å². The Balaban J connectivity index is 2.33. The van der Waals surface area contributed by atoms with Gasteiger partial charge in [-0.15, -0.1) is 0 Å². The maximum Gasteiger partial charge on any atom is 0.155 e. The van der Waals surface area contributed by atoms with Gasteiger partial charge in [-0.05, 0) is 24.3 Å². The monoisotopic (exact) mass is 231 g/mol. The summed E-state index contributed by atoms with van der Waals surface area (Å²) in [6, 6.07) is 7.89. The lowest BCUT2D eigenvalue weighted by Gasteiger charge is -2.07. The number of carbonyl (C=O) groups excluding carboxylic acids is 1. The van der Waals surface area contributed by atoms with Crippen LogP contribution in [0.3, 0.4) is 0 Å². The molecule has 0 aliphatic carbocycles. The summed E-state index contributed by atoms with van der Waals surface area (Å²) in [6.07, 6.45) is 1.95. The lowest BCUT2D eigenvalue weighted by atomic mass is 10.1. The van der Waals surface area contributed by atoms with Gasteiger partial charge in [0.2, 0.25) is 0 Å². The van der Waals surface area contributed by atoms with Crippen molar-refractivity contribution in [3.63, 3.8) is 0 Å². The second-order valence-electron chi connectivity index (χ2n) is 4.49. The molecule has 1 heterocycles. The minimum atomic E-state index is 0.0747. The number of hydrogen-bond donors (Lipinski definition) is 0. The summed E-state index contributed by atoms with van der Waals surface area (Å²) in [6.45, 7) is 4.29. The van der Waals surface area contributed by atoms with Crippen LogP contribution < -0.4 is 4.74 Å². The molecule has 0 N–H and O–H groups in total. The van der Waals surface area contributed by atoms with E-state index < -0.39 is 0 Å². The Kier molecular flexibility index (Phi) is 3.18. The zero-order valence-electron chi connectivity index (χ0n) is 10.4. The first kappa shape index (κ1) is 11.7. The fraction of sp³-hybridized carbons (Fsp3) is 0.357. The van der Waals surface area contributed by atoms with Crippen molar-refractivity contribution in [2.75, 3.05) is 7.11 Å². The average molecular weight is 231 g/mol. The molecule has 0 fully saturated rings. The molecule has 0 saturated carbocycles. The zero-order valence-corrected chi connectivity index (χ0v) is 10.4. The van der Waals surface area contributed by atoms with E-state index >= 15 is 0 Å². The molecule has 3 nitrogen and oxygen atoms in total. The van der Waals surface area contributed by atoms with Crippen LogP contribution in [0.25, 0.3) is 10.9 Å². The van der Waals surface area contributed by atoms with Gasteiger partial charge < -0.3 is 9.30 Å². The van der Waals surface area contributed by atoms with Crippen LogP contribution in [0, 0.1) is 5.92 Å². The molecular formula is C14H17NO2. The van der Waals surface area contributed by atoms with Crippen molar-refractivity contribution in [2.45, 2.75) is 20.4 Å². The molecule has 0 unspecified atom stereocenters. The lowest BCUT2D eigenvalue weighted by Crippen LogP contribution is -2.14. The number of fused-ring (bicyclic) bond motifs is 1. The van der Waals surface area contributed by atoms with Crippen molar-refractivity contribution in [3.05, 3.63) is 30.5 Å². The number of nitrogens with zero attached hydrogens (tertiary/aromatic N) is 1. The number of Topliss-reactive ketones (excluding diaryl/α,β-unsaturated/α-hetero) is 1. The number of aromatic nitrogens is 1. The predicted molar refractivity (Wildman–Crippen MR) is 68.3 cm³/mol. The summed E-state index contributed by atoms with van der Waals surface area (Å²) in [5.74, 6) is 1.16. The highest BCUT2D eigenvalue weighted by Crippen LogP contribution is 2.22. The number of hydrogen-bond acceptors (Lipinski definition) is 2. The van der Waals surface area contributed by atoms with E-state index in [4.69, 9.17) is 4.74 Å². The van der Waals surface area contributed by atoms with Crippen LogP contribution in [0.1, 0.15) is 13.8 Å². The fourth-order valence-electron chi connectivity index (χ4n) is 1.79. The Morgan fingerprint density at radius 1 is 1.35 bits per heavy atom. The van der Waals surface area contributed by atoms with Crippen molar-refractivity contribution in [1.29, 1.82) is 0 Å². The van der Waals surface area contributed by atoms with Crippen molar-refractivity contribution in [2.24, 2.45) is 5.92 Å². The molecule has 0 aliphatic heterocycles. The third-order valence-corrected chi connectivity index (χ3v) is 2.95. The Morgan fingerprint density at radius 3 is 2.76 bits per heavy atom. The number of ether oxygens (including phenoxy) is 1. The largest absolute Gasteiger partial charge is 0.497 e. The molecule has 0 atom stereocenters. The topological polar surface area (TPSA) is 31.2 Å². The van der Waals surface area contributed by atoms with E-state index in [1.807, 2.05) is 48.9 Å². The van der Waals surface area contributed by atoms with Crippen LogP contribution in [0.2, 0.25) is 0 Å². The van der Waals surface area contributed by atoms with Gasteiger partial charge in [-0.3, -0.25) is 4.79 Å². The molecule has 17 heavy (non-hydrogen) atoms. The Morgan fingerprint density at radius 2 is 2.12 bits per heavy atom. The third kappa shape index (κ3) is 2.33. The maximum absolute atomic E-state index is 11.7. The van der Waals surface area contributed by atoms with E-state index in [9.17, 15) is 4.79 Å². The average Bonchev–Trinajstić information content (AvgIpc) is 2.71. The summed E-state index contributed by atoms with van der Waals surface area (Å²) < 4.78 is 7.16. The van der Waals surface area contributed by atoms with Gasteiger partial charge in [0.15, 0.2) is 5.78 Å². The van der Waals surface area contributed by atoms with Gasteiger partial charge in [-0.1, -0.05) is 13.8 Å². The molecule has 2 rings (SSSR count). The highest BCUT2D eigenvalue weighted by atomic mass is 16.5. The molecule has 1 aromatic heterocycles. The number of carbonyl (C=O) groups is 1. The smallest absolute Gasteiger partial charge is 0.155 e. The first-order valence-electron chi connectivity index (χ1n) is 5.77. The van der Waals surface area contributed by atoms with Gasteiger partial charge in [-0.2, -0.15) is 0 Å². The molecule has 3 heteroatoms. The second-order valence-corrected chi connectivity index (χ2v) is 4.49. The first-order valence-corrected chi connectivity index (χ1v) is 5.77. The molecular weight excluding hydrogens is 214 g/mol. The highest BCUT2D eigenvalue weighted by molar-refractivity contribution is 5.85. The zero-order chi connectivity index (χ0) is 12.4. The van der Waals surface area contributed by atoms with E-state index in [0.717, 1.165) is 16.7 Å². The summed E-state index contributed by atoms with van der Waals surface area (Å²) in [4.78, 5) is 11.7. The van der Waals surface area contributed by atoms with E-state index in [1.165, 1.54) is 0 Å². The lowest BCUT2D eigenvalue weighted by molar-refractivity contribution is -0.122. The van der Waals surface area contributed by atoms with Gasteiger partial charge >= 0.3 is 0 Å². The Labute approximate surface area is 101 Å². The summed E-state index contributed by atoms with van der Waals surface area (Å²) in [7, 11) is 1.65. The standard InChI is InChI=1S/C14H17NO2/c1-10(2)14(16)9-15-7-6-11-8-12(17-3)4-5-13(11)15/h4-8,10H,9H2,1-3H3. The second kappa shape index (κ2) is 4.62. The molecule has 1 aromatic carbocycles. The van der Waals surface area contributed by atoms with Gasteiger partial charge in [-0.25, -0.2) is 0 Å². The van der Waals surface area contributed by atoms with E-state index in [0.29, 0.717) is 6.54 Å². The van der Waals surface area contributed by atoms with E-state index in [-0.39, 0.29) is 11.7 Å². The maximum atomic E-state index is 11.7. The molecule has 0 saturated heterocycles. The predicted octanol–water partition coefficient (Wildman–Crippen LogP) is 2.88. The first-order chi connectivity index (χ1) is 8.11. The van der Waals surface area contributed by atoms with Crippen molar-refractivity contribution >= 4 is 16.7 Å². The van der Waals surface area contributed by atoms with Crippen LogP contribution >= 0.6 is 0 Å².